The first-order chi connectivity index (χ1) is 12.0. The predicted octanol–water partition coefficient (Wildman–Crippen LogP) is 4.67. The van der Waals surface area contributed by atoms with Gasteiger partial charge in [0.05, 0.1) is 0 Å². The maximum atomic E-state index is 11.1. The minimum atomic E-state index is -0.399. The van der Waals surface area contributed by atoms with Crippen molar-refractivity contribution >= 4 is 5.97 Å². The van der Waals surface area contributed by atoms with Crippen LogP contribution < -0.4 is 4.74 Å². The van der Waals surface area contributed by atoms with E-state index >= 15 is 0 Å². The number of benzene rings is 3. The number of esters is 1. The number of hydrogen-bond acceptors (Lipinski definition) is 3. The average molecular weight is 332 g/mol. The first-order valence-electron chi connectivity index (χ1n) is 8.14. The van der Waals surface area contributed by atoms with Gasteiger partial charge >= 0.3 is 5.97 Å². The molecule has 1 unspecified atom stereocenters. The summed E-state index contributed by atoms with van der Waals surface area (Å²) in [6, 6.07) is 25.0. The molecule has 0 fully saturated rings. The molecule has 0 bridgehead atoms. The van der Waals surface area contributed by atoms with Gasteiger partial charge in [-0.25, -0.2) is 0 Å². The fourth-order valence-corrected chi connectivity index (χ4v) is 3.09. The number of phenols is 1. The molecule has 3 aromatic rings. The SMILES string of the molecule is CC(=O)Oc1ccc(C(C)(c2ccccc2)c2ccc(O)cc2)cc1. The van der Waals surface area contributed by atoms with Gasteiger partial charge in [-0.3, -0.25) is 4.79 Å². The van der Waals surface area contributed by atoms with E-state index in [0.717, 1.165) is 16.7 Å². The summed E-state index contributed by atoms with van der Waals surface area (Å²) in [7, 11) is 0. The normalized spacial score (nSPS) is 13.0. The van der Waals surface area contributed by atoms with Crippen LogP contribution >= 0.6 is 0 Å². The second-order valence-electron chi connectivity index (χ2n) is 6.16. The molecule has 1 N–H and O–H groups in total. The maximum absolute atomic E-state index is 11.1. The molecule has 126 valence electrons. The minimum absolute atomic E-state index is 0.240. The van der Waals surface area contributed by atoms with E-state index in [4.69, 9.17) is 4.74 Å². The molecule has 3 nitrogen and oxygen atoms in total. The van der Waals surface area contributed by atoms with Gasteiger partial charge in [-0.15, -0.1) is 0 Å². The Bertz CT molecular complexity index is 852. The third kappa shape index (κ3) is 3.41. The Kier molecular flexibility index (Phi) is 4.57. The molecular weight excluding hydrogens is 312 g/mol. The van der Waals surface area contributed by atoms with E-state index in [0.29, 0.717) is 5.75 Å². The first-order valence-corrected chi connectivity index (χ1v) is 8.14. The second-order valence-corrected chi connectivity index (χ2v) is 6.16. The van der Waals surface area contributed by atoms with Gasteiger partial charge in [-0.05, 0) is 47.9 Å². The average Bonchev–Trinajstić information content (AvgIpc) is 2.62. The number of aromatic hydroxyl groups is 1. The fourth-order valence-electron chi connectivity index (χ4n) is 3.09. The van der Waals surface area contributed by atoms with Crippen molar-refractivity contribution in [3.63, 3.8) is 0 Å². The molecule has 0 saturated carbocycles. The Balaban J connectivity index is 2.11. The predicted molar refractivity (Wildman–Crippen MR) is 97.9 cm³/mol. The number of carbonyl (C=O) groups is 1. The molecule has 0 heterocycles. The highest BCUT2D eigenvalue weighted by Gasteiger charge is 2.31. The van der Waals surface area contributed by atoms with E-state index in [9.17, 15) is 9.90 Å². The van der Waals surface area contributed by atoms with Gasteiger partial charge in [0.1, 0.15) is 11.5 Å². The molecule has 3 rings (SSSR count). The van der Waals surface area contributed by atoms with Gasteiger partial charge in [0, 0.05) is 12.3 Å². The third-order valence-corrected chi connectivity index (χ3v) is 4.49. The number of phenolic OH excluding ortho intramolecular Hbond substituents is 1. The van der Waals surface area contributed by atoms with E-state index < -0.39 is 5.41 Å². The number of hydrogen-bond donors (Lipinski definition) is 1. The molecule has 3 aromatic carbocycles. The number of ether oxygens (including phenoxy) is 1. The van der Waals surface area contributed by atoms with E-state index in [-0.39, 0.29) is 11.7 Å². The number of rotatable bonds is 4. The van der Waals surface area contributed by atoms with Crippen LogP contribution in [0.4, 0.5) is 0 Å². The zero-order chi connectivity index (χ0) is 17.9. The van der Waals surface area contributed by atoms with Crippen LogP contribution in [0.2, 0.25) is 0 Å². The van der Waals surface area contributed by atoms with Gasteiger partial charge in [-0.1, -0.05) is 54.6 Å². The lowest BCUT2D eigenvalue weighted by Gasteiger charge is -2.32. The Morgan fingerprint density at radius 2 is 1.28 bits per heavy atom. The van der Waals surface area contributed by atoms with Gasteiger partial charge < -0.3 is 9.84 Å². The van der Waals surface area contributed by atoms with Crippen molar-refractivity contribution in [1.29, 1.82) is 0 Å². The topological polar surface area (TPSA) is 46.5 Å². The van der Waals surface area contributed by atoms with E-state index in [2.05, 4.69) is 19.1 Å². The first kappa shape index (κ1) is 16.8. The fraction of sp³-hybridized carbons (Fsp3) is 0.136. The van der Waals surface area contributed by atoms with Gasteiger partial charge in [0.2, 0.25) is 0 Å². The summed E-state index contributed by atoms with van der Waals surface area (Å²) in [5.41, 5.74) is 2.88. The molecule has 3 heteroatoms. The van der Waals surface area contributed by atoms with Crippen molar-refractivity contribution in [2.75, 3.05) is 0 Å². The second kappa shape index (κ2) is 6.81. The molecule has 25 heavy (non-hydrogen) atoms. The highest BCUT2D eigenvalue weighted by atomic mass is 16.5. The van der Waals surface area contributed by atoms with Crippen molar-refractivity contribution in [3.8, 4) is 11.5 Å². The van der Waals surface area contributed by atoms with E-state index in [1.54, 1.807) is 24.3 Å². The van der Waals surface area contributed by atoms with Gasteiger partial charge in [0.15, 0.2) is 0 Å². The zero-order valence-corrected chi connectivity index (χ0v) is 14.3. The molecule has 0 radical (unpaired) electrons. The highest BCUT2D eigenvalue weighted by molar-refractivity contribution is 5.69. The van der Waals surface area contributed by atoms with Crippen LogP contribution in [0.1, 0.15) is 30.5 Å². The summed E-state index contributed by atoms with van der Waals surface area (Å²) in [5, 5.41) is 9.64. The van der Waals surface area contributed by atoms with Crippen LogP contribution in [0.15, 0.2) is 78.9 Å². The molecular formula is C22H20O3. The van der Waals surface area contributed by atoms with Crippen LogP contribution in [0.5, 0.6) is 11.5 Å². The standard InChI is InChI=1S/C22H20O3/c1-16(23)25-21-14-10-19(11-15-21)22(2,17-6-4-3-5-7-17)18-8-12-20(24)13-9-18/h3-15,24H,1-2H3. The zero-order valence-electron chi connectivity index (χ0n) is 14.3. The molecule has 0 aliphatic carbocycles. The summed E-state index contributed by atoms with van der Waals surface area (Å²) in [6.45, 7) is 3.54. The maximum Gasteiger partial charge on any atom is 0.308 e. The van der Waals surface area contributed by atoms with Crippen molar-refractivity contribution in [3.05, 3.63) is 95.6 Å². The molecule has 0 aliphatic heterocycles. The number of carbonyl (C=O) groups excluding carboxylic acids is 1. The largest absolute Gasteiger partial charge is 0.508 e. The van der Waals surface area contributed by atoms with Crippen molar-refractivity contribution in [2.45, 2.75) is 19.3 Å². The molecule has 0 aliphatic rings. The lowest BCUT2D eigenvalue weighted by atomic mass is 9.71. The molecule has 0 amide bonds. The Morgan fingerprint density at radius 3 is 1.80 bits per heavy atom. The van der Waals surface area contributed by atoms with Gasteiger partial charge in [0.25, 0.3) is 0 Å². The Labute approximate surface area is 147 Å². The minimum Gasteiger partial charge on any atom is -0.508 e. The molecule has 0 saturated heterocycles. The third-order valence-electron chi connectivity index (χ3n) is 4.49. The van der Waals surface area contributed by atoms with Crippen LogP contribution in [0.3, 0.4) is 0 Å². The summed E-state index contributed by atoms with van der Waals surface area (Å²) < 4.78 is 5.14. The van der Waals surface area contributed by atoms with E-state index in [1.807, 2.05) is 42.5 Å². The lowest BCUT2D eigenvalue weighted by Crippen LogP contribution is -2.25. The van der Waals surface area contributed by atoms with Crippen molar-refractivity contribution in [1.82, 2.24) is 0 Å². The summed E-state index contributed by atoms with van der Waals surface area (Å²) in [6.07, 6.45) is 0. The molecule has 0 aromatic heterocycles. The summed E-state index contributed by atoms with van der Waals surface area (Å²) in [5.74, 6) is 0.429. The quantitative estimate of drug-likeness (QED) is 0.429. The molecule has 0 spiro atoms. The smallest absolute Gasteiger partial charge is 0.308 e. The van der Waals surface area contributed by atoms with Crippen LogP contribution in [-0.2, 0) is 10.2 Å². The van der Waals surface area contributed by atoms with Crippen molar-refractivity contribution in [2.24, 2.45) is 0 Å². The van der Waals surface area contributed by atoms with E-state index in [1.165, 1.54) is 6.92 Å². The van der Waals surface area contributed by atoms with Gasteiger partial charge in [-0.2, -0.15) is 0 Å². The highest BCUT2D eigenvalue weighted by Crippen LogP contribution is 2.39. The molecule has 1 atom stereocenters. The lowest BCUT2D eigenvalue weighted by molar-refractivity contribution is -0.131. The van der Waals surface area contributed by atoms with Crippen LogP contribution in [0.25, 0.3) is 0 Å². The van der Waals surface area contributed by atoms with Crippen LogP contribution in [0, 0.1) is 0 Å². The summed E-state index contributed by atoms with van der Waals surface area (Å²) in [4.78, 5) is 11.1. The Morgan fingerprint density at radius 1 is 0.800 bits per heavy atom. The van der Waals surface area contributed by atoms with Crippen LogP contribution in [-0.4, -0.2) is 11.1 Å². The monoisotopic (exact) mass is 332 g/mol. The van der Waals surface area contributed by atoms with Crippen molar-refractivity contribution < 1.29 is 14.6 Å². The summed E-state index contributed by atoms with van der Waals surface area (Å²) >= 11 is 0. The Hall–Kier alpha value is -3.07.